The van der Waals surface area contributed by atoms with Crippen LogP contribution in [0, 0.1) is 6.92 Å². The normalized spacial score (nSPS) is 12.0. The summed E-state index contributed by atoms with van der Waals surface area (Å²) in [5.41, 5.74) is 2.66. The summed E-state index contributed by atoms with van der Waals surface area (Å²) in [6.07, 6.45) is 1.73. The molecule has 3 aromatic rings. The van der Waals surface area contributed by atoms with Crippen LogP contribution in [-0.4, -0.2) is 32.7 Å². The molecular formula is C17H19N5OS. The van der Waals surface area contributed by atoms with E-state index in [9.17, 15) is 0 Å². The fourth-order valence-electron chi connectivity index (χ4n) is 2.15. The van der Waals surface area contributed by atoms with Crippen LogP contribution in [0.2, 0.25) is 0 Å². The Morgan fingerprint density at radius 3 is 2.71 bits per heavy atom. The molecule has 24 heavy (non-hydrogen) atoms. The highest BCUT2D eigenvalue weighted by molar-refractivity contribution is 7.19. The molecule has 0 radical (unpaired) electrons. The zero-order chi connectivity index (χ0) is 16.9. The number of anilines is 3. The number of para-hydroxylation sites is 1. The van der Waals surface area contributed by atoms with Gasteiger partial charge in [0, 0.05) is 17.9 Å². The minimum absolute atomic E-state index is 0.0379. The Morgan fingerprint density at radius 1 is 1.17 bits per heavy atom. The Kier molecular flexibility index (Phi) is 5.02. The lowest BCUT2D eigenvalue weighted by Gasteiger charge is -2.07. The monoisotopic (exact) mass is 341 g/mol. The molecule has 0 aliphatic rings. The fourth-order valence-corrected chi connectivity index (χ4v) is 3.20. The molecule has 3 rings (SSSR count). The first-order valence-corrected chi connectivity index (χ1v) is 8.47. The van der Waals surface area contributed by atoms with Crippen molar-refractivity contribution in [3.63, 3.8) is 0 Å². The molecule has 0 bridgehead atoms. The summed E-state index contributed by atoms with van der Waals surface area (Å²) in [5, 5.41) is 16.3. The number of nitrogens with zero attached hydrogens (tertiary/aromatic N) is 3. The van der Waals surface area contributed by atoms with Crippen LogP contribution >= 0.6 is 11.3 Å². The first kappa shape index (κ1) is 16.4. The Bertz CT molecular complexity index is 806. The molecule has 124 valence electrons. The summed E-state index contributed by atoms with van der Waals surface area (Å²) in [6, 6.07) is 11.6. The predicted octanol–water partition coefficient (Wildman–Crippen LogP) is 3.44. The SMILES string of the molecule is Cc1nc(NC(C)CO)sc1-c1ccnc(Nc2ccccc2)n1. The third-order valence-corrected chi connectivity index (χ3v) is 4.47. The van der Waals surface area contributed by atoms with Crippen LogP contribution < -0.4 is 10.6 Å². The molecule has 0 saturated heterocycles. The maximum Gasteiger partial charge on any atom is 0.227 e. The van der Waals surface area contributed by atoms with E-state index in [-0.39, 0.29) is 12.6 Å². The predicted molar refractivity (Wildman–Crippen MR) is 97.8 cm³/mol. The molecule has 0 fully saturated rings. The van der Waals surface area contributed by atoms with Gasteiger partial charge in [-0.05, 0) is 32.0 Å². The second-order valence-electron chi connectivity index (χ2n) is 5.42. The highest BCUT2D eigenvalue weighted by atomic mass is 32.1. The second-order valence-corrected chi connectivity index (χ2v) is 6.42. The molecule has 3 N–H and O–H groups in total. The molecule has 1 unspecified atom stereocenters. The van der Waals surface area contributed by atoms with Crippen molar-refractivity contribution in [2.45, 2.75) is 19.9 Å². The summed E-state index contributed by atoms with van der Waals surface area (Å²) in [6.45, 7) is 3.92. The molecule has 0 aliphatic heterocycles. The first-order valence-electron chi connectivity index (χ1n) is 7.66. The van der Waals surface area contributed by atoms with E-state index in [1.807, 2.05) is 50.2 Å². The fraction of sp³-hybridized carbons (Fsp3) is 0.235. The third kappa shape index (κ3) is 3.87. The number of aromatic nitrogens is 3. The van der Waals surface area contributed by atoms with E-state index in [0.717, 1.165) is 27.1 Å². The lowest BCUT2D eigenvalue weighted by molar-refractivity contribution is 0.281. The van der Waals surface area contributed by atoms with Gasteiger partial charge in [-0.15, -0.1) is 0 Å². The van der Waals surface area contributed by atoms with E-state index in [0.29, 0.717) is 5.95 Å². The van der Waals surface area contributed by atoms with Gasteiger partial charge in [0.25, 0.3) is 0 Å². The van der Waals surface area contributed by atoms with Gasteiger partial charge in [0.1, 0.15) is 0 Å². The van der Waals surface area contributed by atoms with Crippen molar-refractivity contribution in [1.82, 2.24) is 15.0 Å². The summed E-state index contributed by atoms with van der Waals surface area (Å²) in [5.74, 6) is 0.546. The van der Waals surface area contributed by atoms with Gasteiger partial charge in [0.05, 0.1) is 22.9 Å². The highest BCUT2D eigenvalue weighted by Gasteiger charge is 2.13. The lowest BCUT2D eigenvalue weighted by Crippen LogP contribution is -2.18. The molecule has 0 aliphatic carbocycles. The van der Waals surface area contributed by atoms with E-state index in [1.165, 1.54) is 11.3 Å². The standard InChI is InChI=1S/C17H19N5OS/c1-11(10-23)19-17-20-12(2)15(24-17)14-8-9-18-16(22-14)21-13-6-4-3-5-7-13/h3-9,11,23H,10H2,1-2H3,(H,19,20)(H,18,21,22). The molecule has 6 nitrogen and oxygen atoms in total. The Morgan fingerprint density at radius 2 is 1.96 bits per heavy atom. The first-order chi connectivity index (χ1) is 11.7. The summed E-state index contributed by atoms with van der Waals surface area (Å²) >= 11 is 1.52. The second kappa shape index (κ2) is 7.37. The van der Waals surface area contributed by atoms with Crippen LogP contribution in [0.15, 0.2) is 42.6 Å². The number of rotatable bonds is 6. The number of aryl methyl sites for hydroxylation is 1. The van der Waals surface area contributed by atoms with E-state index in [4.69, 9.17) is 5.11 Å². The molecule has 7 heteroatoms. The van der Waals surface area contributed by atoms with Crippen LogP contribution in [-0.2, 0) is 0 Å². The molecule has 0 saturated carbocycles. The zero-order valence-electron chi connectivity index (χ0n) is 13.5. The maximum absolute atomic E-state index is 9.15. The molecule has 2 aromatic heterocycles. The van der Waals surface area contributed by atoms with Crippen LogP contribution in [0.5, 0.6) is 0 Å². The average molecular weight is 341 g/mol. The molecular weight excluding hydrogens is 322 g/mol. The number of aliphatic hydroxyl groups is 1. The van der Waals surface area contributed by atoms with Gasteiger partial charge in [0.15, 0.2) is 5.13 Å². The van der Waals surface area contributed by atoms with Gasteiger partial charge in [-0.1, -0.05) is 29.5 Å². The quantitative estimate of drug-likeness (QED) is 0.637. The minimum Gasteiger partial charge on any atom is -0.394 e. The van der Waals surface area contributed by atoms with Crippen molar-refractivity contribution in [2.75, 3.05) is 17.2 Å². The molecule has 2 heterocycles. The Labute approximate surface area is 144 Å². The summed E-state index contributed by atoms with van der Waals surface area (Å²) in [7, 11) is 0. The average Bonchev–Trinajstić information content (AvgIpc) is 2.96. The zero-order valence-corrected chi connectivity index (χ0v) is 14.3. The highest BCUT2D eigenvalue weighted by Crippen LogP contribution is 2.32. The molecule has 0 amide bonds. The van der Waals surface area contributed by atoms with Gasteiger partial charge in [-0.25, -0.2) is 15.0 Å². The smallest absolute Gasteiger partial charge is 0.227 e. The van der Waals surface area contributed by atoms with Gasteiger partial charge < -0.3 is 15.7 Å². The molecule has 0 spiro atoms. The van der Waals surface area contributed by atoms with E-state index >= 15 is 0 Å². The third-order valence-electron chi connectivity index (χ3n) is 3.36. The number of hydrogen-bond acceptors (Lipinski definition) is 7. The molecule has 1 aromatic carbocycles. The van der Waals surface area contributed by atoms with Crippen molar-refractivity contribution < 1.29 is 5.11 Å². The number of nitrogens with one attached hydrogen (secondary N) is 2. The largest absolute Gasteiger partial charge is 0.394 e. The Hall–Kier alpha value is -2.51. The Balaban J connectivity index is 1.83. The van der Waals surface area contributed by atoms with Crippen LogP contribution in [0.4, 0.5) is 16.8 Å². The van der Waals surface area contributed by atoms with Gasteiger partial charge in [-0.2, -0.15) is 0 Å². The van der Waals surface area contributed by atoms with E-state index in [2.05, 4.69) is 25.6 Å². The number of thiazole rings is 1. The van der Waals surface area contributed by atoms with Crippen LogP contribution in [0.3, 0.4) is 0 Å². The summed E-state index contributed by atoms with van der Waals surface area (Å²) < 4.78 is 0. The van der Waals surface area contributed by atoms with Crippen molar-refractivity contribution in [3.05, 3.63) is 48.3 Å². The maximum atomic E-state index is 9.15. The number of benzene rings is 1. The van der Waals surface area contributed by atoms with Crippen molar-refractivity contribution in [2.24, 2.45) is 0 Å². The van der Waals surface area contributed by atoms with Gasteiger partial charge in [-0.3, -0.25) is 0 Å². The summed E-state index contributed by atoms with van der Waals surface area (Å²) in [4.78, 5) is 14.3. The van der Waals surface area contributed by atoms with Crippen LogP contribution in [0.25, 0.3) is 10.6 Å². The van der Waals surface area contributed by atoms with Crippen molar-refractivity contribution >= 4 is 28.1 Å². The van der Waals surface area contributed by atoms with Gasteiger partial charge >= 0.3 is 0 Å². The van der Waals surface area contributed by atoms with Crippen molar-refractivity contribution in [1.29, 1.82) is 0 Å². The number of aliphatic hydroxyl groups excluding tert-OH is 1. The van der Waals surface area contributed by atoms with Gasteiger partial charge in [0.2, 0.25) is 5.95 Å². The molecule has 1 atom stereocenters. The topological polar surface area (TPSA) is 83.0 Å². The minimum atomic E-state index is -0.0379. The number of hydrogen-bond donors (Lipinski definition) is 3. The van der Waals surface area contributed by atoms with E-state index in [1.54, 1.807) is 6.20 Å². The van der Waals surface area contributed by atoms with Crippen LogP contribution in [0.1, 0.15) is 12.6 Å². The van der Waals surface area contributed by atoms with Crippen molar-refractivity contribution in [3.8, 4) is 10.6 Å². The van der Waals surface area contributed by atoms with E-state index < -0.39 is 0 Å². The lowest BCUT2D eigenvalue weighted by atomic mass is 10.3.